The van der Waals surface area contributed by atoms with Crippen LogP contribution in [0.3, 0.4) is 0 Å². The van der Waals surface area contributed by atoms with E-state index in [1.54, 1.807) is 30.3 Å². The molecule has 1 amide bonds. The number of phenolic OH excluding ortho intramolecular Hbond substituents is 1. The first-order valence-corrected chi connectivity index (χ1v) is 10.5. The number of aliphatic hydroxyl groups excluding tert-OH is 1. The largest absolute Gasteiger partial charge is 0.508 e. The van der Waals surface area contributed by atoms with Crippen LogP contribution >= 0.6 is 0 Å². The molecule has 0 bridgehead atoms. The number of anilines is 1. The fourth-order valence-corrected chi connectivity index (χ4v) is 4.26. The highest BCUT2D eigenvalue weighted by molar-refractivity contribution is 6.20. The summed E-state index contributed by atoms with van der Waals surface area (Å²) in [6.07, 6.45) is 0. The second-order valence-corrected chi connectivity index (χ2v) is 8.20. The third-order valence-corrected chi connectivity index (χ3v) is 5.94. The molecule has 0 aliphatic carbocycles. The molecule has 0 saturated heterocycles. The monoisotopic (exact) mass is 439 g/mol. The van der Waals surface area contributed by atoms with Gasteiger partial charge in [0.05, 0.1) is 11.6 Å². The van der Waals surface area contributed by atoms with E-state index >= 15 is 0 Å². The first-order valence-electron chi connectivity index (χ1n) is 10.5. The van der Waals surface area contributed by atoms with Crippen LogP contribution in [0.1, 0.15) is 33.3 Å². The number of Topliss-reactive ketones (excluding diaryl/α,β-unsaturated/α-hetero) is 1. The lowest BCUT2D eigenvalue weighted by Gasteiger charge is -2.28. The van der Waals surface area contributed by atoms with Gasteiger partial charge < -0.3 is 14.6 Å². The normalized spacial score (nSPS) is 16.1. The van der Waals surface area contributed by atoms with Crippen molar-refractivity contribution in [2.24, 2.45) is 0 Å². The fraction of sp³-hybridized carbons (Fsp3) is 0.111. The van der Waals surface area contributed by atoms with Crippen LogP contribution in [-0.4, -0.2) is 21.9 Å². The van der Waals surface area contributed by atoms with Crippen LogP contribution < -0.4 is 4.90 Å². The molecule has 6 heteroatoms. The maximum atomic E-state index is 13.6. The number of carbonyl (C=O) groups excluding carboxylic acids is 2. The van der Waals surface area contributed by atoms with Crippen molar-refractivity contribution in [1.82, 2.24) is 0 Å². The molecule has 0 fully saturated rings. The topological polar surface area (TPSA) is 91.0 Å². The van der Waals surface area contributed by atoms with Crippen LogP contribution in [-0.2, 0) is 4.79 Å². The van der Waals surface area contributed by atoms with Gasteiger partial charge in [-0.2, -0.15) is 0 Å². The number of carbonyl (C=O) groups is 2. The Kier molecular flexibility index (Phi) is 4.78. The molecule has 1 aliphatic rings. The fourth-order valence-electron chi connectivity index (χ4n) is 4.26. The molecule has 1 aromatic heterocycles. The Labute approximate surface area is 190 Å². The second kappa shape index (κ2) is 7.67. The molecule has 2 N–H and O–H groups in total. The minimum Gasteiger partial charge on any atom is -0.508 e. The Hall–Kier alpha value is -4.32. The number of hydrogen-bond donors (Lipinski definition) is 2. The minimum absolute atomic E-state index is 0.0390. The third kappa shape index (κ3) is 3.36. The Balaban J connectivity index is 1.69. The molecule has 0 spiro atoms. The van der Waals surface area contributed by atoms with Crippen LogP contribution in [0.25, 0.3) is 11.0 Å². The molecule has 4 aromatic rings. The van der Waals surface area contributed by atoms with Gasteiger partial charge in [-0.25, -0.2) is 0 Å². The number of aliphatic hydroxyl groups is 1. The summed E-state index contributed by atoms with van der Waals surface area (Å²) < 4.78 is 5.75. The van der Waals surface area contributed by atoms with Crippen molar-refractivity contribution < 1.29 is 24.2 Å². The highest BCUT2D eigenvalue weighted by atomic mass is 16.3. The maximum Gasteiger partial charge on any atom is 0.294 e. The van der Waals surface area contributed by atoms with Crippen molar-refractivity contribution in [3.63, 3.8) is 0 Å². The van der Waals surface area contributed by atoms with Crippen molar-refractivity contribution in [3.8, 4) is 5.75 Å². The number of nitrogens with zero attached hydrogens (tertiary/aromatic N) is 1. The predicted molar refractivity (Wildman–Crippen MR) is 124 cm³/mol. The predicted octanol–water partition coefficient (Wildman–Crippen LogP) is 5.54. The van der Waals surface area contributed by atoms with Crippen molar-refractivity contribution >= 4 is 28.3 Å². The van der Waals surface area contributed by atoms with Crippen molar-refractivity contribution in [2.45, 2.75) is 19.9 Å². The summed E-state index contributed by atoms with van der Waals surface area (Å²) in [6, 6.07) is 19.8. The van der Waals surface area contributed by atoms with Gasteiger partial charge in [-0.05, 0) is 60.9 Å². The van der Waals surface area contributed by atoms with Crippen molar-refractivity contribution in [2.75, 3.05) is 4.90 Å². The Morgan fingerprint density at radius 2 is 1.67 bits per heavy atom. The number of benzene rings is 3. The molecular formula is C27H21NO5. The number of rotatable bonds is 4. The number of aromatic hydroxyl groups is 1. The summed E-state index contributed by atoms with van der Waals surface area (Å²) in [5.74, 6) is -1.75. The number of hydrogen-bond acceptors (Lipinski definition) is 5. The highest BCUT2D eigenvalue weighted by Crippen LogP contribution is 2.43. The first kappa shape index (κ1) is 20.6. The van der Waals surface area contributed by atoms with Gasteiger partial charge in [0.2, 0.25) is 5.78 Å². The van der Waals surface area contributed by atoms with E-state index < -0.39 is 23.5 Å². The standard InChI is InChI=1S/C27H21NO5/c1-15-7-8-16(2)20(13-15)28-24(17-9-11-19(29)12-10-17)23(26(31)27(28)32)25(30)22-14-18-5-3-4-6-21(18)33-22/h3-14,24,29,31H,1-2H3. The van der Waals surface area contributed by atoms with E-state index in [2.05, 4.69) is 0 Å². The zero-order chi connectivity index (χ0) is 23.3. The first-order chi connectivity index (χ1) is 15.8. The van der Waals surface area contributed by atoms with Crippen LogP contribution in [0.5, 0.6) is 5.75 Å². The van der Waals surface area contributed by atoms with Gasteiger partial charge in [-0.3, -0.25) is 14.5 Å². The Morgan fingerprint density at radius 1 is 0.939 bits per heavy atom. The summed E-state index contributed by atoms with van der Waals surface area (Å²) in [5, 5.41) is 21.4. The van der Waals surface area contributed by atoms with Gasteiger partial charge in [-0.15, -0.1) is 0 Å². The van der Waals surface area contributed by atoms with Gasteiger partial charge in [0, 0.05) is 11.1 Å². The maximum absolute atomic E-state index is 13.6. The lowest BCUT2D eigenvalue weighted by Crippen LogP contribution is -2.31. The summed E-state index contributed by atoms with van der Waals surface area (Å²) >= 11 is 0. The van der Waals surface area contributed by atoms with Crippen LogP contribution in [0, 0.1) is 13.8 Å². The SMILES string of the molecule is Cc1ccc(C)c(N2C(=O)C(O)=C(C(=O)c3cc4ccccc4o3)C2c2ccc(O)cc2)c1. The van der Waals surface area contributed by atoms with E-state index in [0.717, 1.165) is 16.5 Å². The van der Waals surface area contributed by atoms with Gasteiger partial charge in [-0.1, -0.05) is 42.5 Å². The number of phenols is 1. The van der Waals surface area contributed by atoms with Crippen molar-refractivity contribution in [1.29, 1.82) is 0 Å². The lowest BCUT2D eigenvalue weighted by molar-refractivity contribution is -0.117. The third-order valence-electron chi connectivity index (χ3n) is 5.94. The van der Waals surface area contributed by atoms with Gasteiger partial charge in [0.25, 0.3) is 5.91 Å². The molecule has 1 atom stereocenters. The van der Waals surface area contributed by atoms with E-state index in [4.69, 9.17) is 4.42 Å². The lowest BCUT2D eigenvalue weighted by atomic mass is 9.94. The molecule has 5 rings (SSSR count). The molecule has 164 valence electrons. The van der Waals surface area contributed by atoms with E-state index in [0.29, 0.717) is 16.8 Å². The highest BCUT2D eigenvalue weighted by Gasteiger charge is 2.45. The summed E-state index contributed by atoms with van der Waals surface area (Å²) in [4.78, 5) is 28.4. The van der Waals surface area contributed by atoms with Gasteiger partial charge in [0.1, 0.15) is 11.3 Å². The molecular weight excluding hydrogens is 418 g/mol. The van der Waals surface area contributed by atoms with Crippen LogP contribution in [0.2, 0.25) is 0 Å². The Bertz CT molecular complexity index is 1410. The number of aryl methyl sites for hydroxylation is 2. The summed E-state index contributed by atoms with van der Waals surface area (Å²) in [6.45, 7) is 3.78. The zero-order valence-corrected chi connectivity index (χ0v) is 18.1. The quantitative estimate of drug-likeness (QED) is 0.408. The second-order valence-electron chi connectivity index (χ2n) is 8.20. The van der Waals surface area contributed by atoms with Gasteiger partial charge >= 0.3 is 0 Å². The zero-order valence-electron chi connectivity index (χ0n) is 18.1. The van der Waals surface area contributed by atoms with Crippen LogP contribution in [0.4, 0.5) is 5.69 Å². The van der Waals surface area contributed by atoms with Crippen molar-refractivity contribution in [3.05, 3.63) is 107 Å². The number of furan rings is 1. The molecule has 2 heterocycles. The number of para-hydroxylation sites is 1. The van der Waals surface area contributed by atoms with Crippen LogP contribution in [0.15, 0.2) is 88.5 Å². The Morgan fingerprint density at radius 3 is 2.39 bits per heavy atom. The minimum atomic E-state index is -0.890. The number of amides is 1. The molecule has 1 unspecified atom stereocenters. The van der Waals surface area contributed by atoms with Gasteiger partial charge in [0.15, 0.2) is 11.5 Å². The summed E-state index contributed by atoms with van der Waals surface area (Å²) in [5.41, 5.74) is 3.40. The molecule has 0 saturated carbocycles. The number of ketones is 1. The molecule has 33 heavy (non-hydrogen) atoms. The smallest absolute Gasteiger partial charge is 0.294 e. The van der Waals surface area contributed by atoms with E-state index in [9.17, 15) is 19.8 Å². The molecule has 1 aliphatic heterocycles. The van der Waals surface area contributed by atoms with E-state index in [-0.39, 0.29) is 17.1 Å². The average Bonchev–Trinajstić information content (AvgIpc) is 3.35. The summed E-state index contributed by atoms with van der Waals surface area (Å²) in [7, 11) is 0. The van der Waals surface area contributed by atoms with E-state index in [1.165, 1.54) is 17.0 Å². The van der Waals surface area contributed by atoms with E-state index in [1.807, 2.05) is 44.2 Å². The molecule has 3 aromatic carbocycles. The molecule has 6 nitrogen and oxygen atoms in total. The number of fused-ring (bicyclic) bond motifs is 1. The molecule has 0 radical (unpaired) electrons. The average molecular weight is 439 g/mol.